The van der Waals surface area contributed by atoms with Crippen LogP contribution >= 0.6 is 0 Å². The highest BCUT2D eigenvalue weighted by molar-refractivity contribution is 5.78. The van der Waals surface area contributed by atoms with Crippen LogP contribution in [-0.4, -0.2) is 69.1 Å². The molecule has 7 nitrogen and oxygen atoms in total. The fraction of sp³-hybridized carbons (Fsp3) is 0.818. The topological polar surface area (TPSA) is 67.2 Å². The molecule has 7 heteroatoms. The lowest BCUT2D eigenvalue weighted by atomic mass is 10.0. The van der Waals surface area contributed by atoms with E-state index in [-0.39, 0.29) is 12.3 Å². The van der Waals surface area contributed by atoms with Crippen molar-refractivity contribution in [3.63, 3.8) is 0 Å². The summed E-state index contributed by atoms with van der Waals surface area (Å²) in [6.07, 6.45) is 2.35. The highest BCUT2D eigenvalue weighted by atomic mass is 16.2. The number of piperidine rings is 1. The average molecular weight is 252 g/mol. The third-order valence-corrected chi connectivity index (χ3v) is 3.65. The van der Waals surface area contributed by atoms with Crippen LogP contribution in [0.4, 0.5) is 0 Å². The molecule has 1 fully saturated rings. The smallest absolute Gasteiger partial charge is 0.230 e. The molecule has 0 N–H and O–H groups in total. The minimum atomic E-state index is 0.0856. The van der Waals surface area contributed by atoms with Crippen molar-refractivity contribution in [3.8, 4) is 0 Å². The predicted molar refractivity (Wildman–Crippen MR) is 65.8 cm³/mol. The number of hydrogen-bond acceptors (Lipinski definition) is 5. The van der Waals surface area contributed by atoms with E-state index in [1.807, 2.05) is 11.9 Å². The number of nitrogens with zero attached hydrogens (tertiary/aromatic N) is 6. The van der Waals surface area contributed by atoms with Gasteiger partial charge in [0.05, 0.1) is 6.42 Å². The van der Waals surface area contributed by atoms with Crippen LogP contribution in [0.15, 0.2) is 0 Å². The second-order valence-electron chi connectivity index (χ2n) is 4.93. The quantitative estimate of drug-likeness (QED) is 0.712. The van der Waals surface area contributed by atoms with Crippen molar-refractivity contribution in [2.75, 3.05) is 27.2 Å². The van der Waals surface area contributed by atoms with E-state index >= 15 is 0 Å². The first-order valence-corrected chi connectivity index (χ1v) is 6.23. The Bertz CT molecular complexity index is 409. The van der Waals surface area contributed by atoms with Crippen molar-refractivity contribution in [3.05, 3.63) is 5.82 Å². The molecule has 1 amide bonds. The highest BCUT2D eigenvalue weighted by Crippen LogP contribution is 2.14. The third-order valence-electron chi connectivity index (χ3n) is 3.65. The van der Waals surface area contributed by atoms with Gasteiger partial charge in [-0.1, -0.05) is 0 Å². The van der Waals surface area contributed by atoms with E-state index in [4.69, 9.17) is 0 Å². The number of carbonyl (C=O) groups is 1. The van der Waals surface area contributed by atoms with Crippen molar-refractivity contribution in [1.29, 1.82) is 0 Å². The molecule has 0 bridgehead atoms. The monoisotopic (exact) mass is 252 g/mol. The van der Waals surface area contributed by atoms with Gasteiger partial charge < -0.3 is 9.80 Å². The van der Waals surface area contributed by atoms with Gasteiger partial charge in [-0.25, -0.2) is 4.68 Å². The number of amides is 1. The van der Waals surface area contributed by atoms with Crippen LogP contribution < -0.4 is 0 Å². The van der Waals surface area contributed by atoms with Crippen LogP contribution in [0.25, 0.3) is 0 Å². The van der Waals surface area contributed by atoms with Crippen LogP contribution in [-0.2, 0) is 18.3 Å². The van der Waals surface area contributed by atoms with E-state index in [0.717, 1.165) is 25.9 Å². The number of tetrazole rings is 1. The molecule has 0 saturated carbocycles. The van der Waals surface area contributed by atoms with E-state index in [1.54, 1.807) is 11.7 Å². The van der Waals surface area contributed by atoms with Gasteiger partial charge in [0.25, 0.3) is 0 Å². The normalized spacial score (nSPS) is 17.9. The molecule has 0 aliphatic carbocycles. The van der Waals surface area contributed by atoms with Crippen LogP contribution in [0.2, 0.25) is 0 Å². The van der Waals surface area contributed by atoms with Crippen LogP contribution in [0, 0.1) is 0 Å². The van der Waals surface area contributed by atoms with Crippen LogP contribution in [0.1, 0.15) is 18.7 Å². The van der Waals surface area contributed by atoms with Crippen LogP contribution in [0.3, 0.4) is 0 Å². The number of aromatic nitrogens is 4. The zero-order chi connectivity index (χ0) is 13.1. The summed E-state index contributed by atoms with van der Waals surface area (Å²) < 4.78 is 1.54. The summed E-state index contributed by atoms with van der Waals surface area (Å²) in [5.74, 6) is 0.697. The first-order valence-electron chi connectivity index (χ1n) is 6.23. The minimum absolute atomic E-state index is 0.0856. The number of aryl methyl sites for hydroxylation is 1. The maximum Gasteiger partial charge on any atom is 0.230 e. The molecule has 0 aromatic carbocycles. The van der Waals surface area contributed by atoms with E-state index in [2.05, 4.69) is 27.5 Å². The second kappa shape index (κ2) is 5.43. The molecule has 1 aromatic rings. The molecule has 2 heterocycles. The molecule has 2 rings (SSSR count). The van der Waals surface area contributed by atoms with Gasteiger partial charge in [0.15, 0.2) is 5.82 Å². The SMILES string of the molecule is CN1CCC(N(C)C(=O)Cc2nnnn2C)CC1. The third kappa shape index (κ3) is 2.84. The zero-order valence-corrected chi connectivity index (χ0v) is 11.2. The molecule has 0 radical (unpaired) electrons. The molecule has 0 atom stereocenters. The predicted octanol–water partition coefficient (Wildman–Crippen LogP) is -0.695. The first kappa shape index (κ1) is 12.9. The molecule has 0 unspecified atom stereocenters. The highest BCUT2D eigenvalue weighted by Gasteiger charge is 2.24. The molecule has 100 valence electrons. The van der Waals surface area contributed by atoms with Gasteiger partial charge in [0.1, 0.15) is 0 Å². The lowest BCUT2D eigenvalue weighted by molar-refractivity contribution is -0.132. The molecule has 1 aromatic heterocycles. The summed E-state index contributed by atoms with van der Waals surface area (Å²) in [6, 6.07) is 0.342. The number of hydrogen-bond donors (Lipinski definition) is 0. The minimum Gasteiger partial charge on any atom is -0.342 e. The molecule has 0 spiro atoms. The molecule has 18 heavy (non-hydrogen) atoms. The van der Waals surface area contributed by atoms with Gasteiger partial charge in [-0.3, -0.25) is 4.79 Å². The Morgan fingerprint density at radius 1 is 1.39 bits per heavy atom. The summed E-state index contributed by atoms with van der Waals surface area (Å²) in [5, 5.41) is 11.1. The first-order chi connectivity index (χ1) is 8.58. The number of likely N-dealkylation sites (N-methyl/N-ethyl adjacent to an activating group) is 1. The van der Waals surface area contributed by atoms with Gasteiger partial charge in [0, 0.05) is 20.1 Å². The Morgan fingerprint density at radius 2 is 2.06 bits per heavy atom. The van der Waals surface area contributed by atoms with Gasteiger partial charge in [0.2, 0.25) is 5.91 Å². The Balaban J connectivity index is 1.91. The fourth-order valence-corrected chi connectivity index (χ4v) is 2.24. The Labute approximate surface area is 107 Å². The standard InChI is InChI=1S/C11H20N6O/c1-15-6-4-9(5-7-15)16(2)11(18)8-10-12-13-14-17(10)3/h9H,4-8H2,1-3H3. The molecular weight excluding hydrogens is 232 g/mol. The molecule has 1 saturated heterocycles. The van der Waals surface area contributed by atoms with Crippen LogP contribution in [0.5, 0.6) is 0 Å². The van der Waals surface area contributed by atoms with Crippen molar-refractivity contribution < 1.29 is 4.79 Å². The van der Waals surface area contributed by atoms with E-state index in [1.165, 1.54) is 0 Å². The van der Waals surface area contributed by atoms with Crippen molar-refractivity contribution in [2.24, 2.45) is 7.05 Å². The molecule has 1 aliphatic rings. The number of carbonyl (C=O) groups excluding carboxylic acids is 1. The Hall–Kier alpha value is -1.50. The number of likely N-dealkylation sites (tertiary alicyclic amines) is 1. The molecule has 1 aliphatic heterocycles. The largest absolute Gasteiger partial charge is 0.342 e. The Kier molecular flexibility index (Phi) is 3.90. The van der Waals surface area contributed by atoms with Gasteiger partial charge in [-0.15, -0.1) is 5.10 Å². The number of rotatable bonds is 3. The summed E-state index contributed by atoms with van der Waals surface area (Å²) in [6.45, 7) is 2.10. The van der Waals surface area contributed by atoms with Crippen molar-refractivity contribution in [2.45, 2.75) is 25.3 Å². The van der Waals surface area contributed by atoms with Gasteiger partial charge >= 0.3 is 0 Å². The summed E-state index contributed by atoms with van der Waals surface area (Å²) in [5.41, 5.74) is 0. The van der Waals surface area contributed by atoms with Gasteiger partial charge in [-0.2, -0.15) is 0 Å². The summed E-state index contributed by atoms with van der Waals surface area (Å²) >= 11 is 0. The maximum absolute atomic E-state index is 12.1. The molecular formula is C11H20N6O. The summed E-state index contributed by atoms with van der Waals surface area (Å²) in [4.78, 5) is 16.3. The fourth-order valence-electron chi connectivity index (χ4n) is 2.24. The van der Waals surface area contributed by atoms with Crippen molar-refractivity contribution in [1.82, 2.24) is 30.0 Å². The zero-order valence-electron chi connectivity index (χ0n) is 11.2. The lowest BCUT2D eigenvalue weighted by Gasteiger charge is -2.35. The van der Waals surface area contributed by atoms with E-state index in [9.17, 15) is 4.79 Å². The van der Waals surface area contributed by atoms with E-state index in [0.29, 0.717) is 11.9 Å². The summed E-state index contributed by atoms with van der Waals surface area (Å²) in [7, 11) is 5.74. The Morgan fingerprint density at radius 3 is 2.61 bits per heavy atom. The lowest BCUT2D eigenvalue weighted by Crippen LogP contribution is -2.45. The van der Waals surface area contributed by atoms with E-state index < -0.39 is 0 Å². The average Bonchev–Trinajstić information content (AvgIpc) is 2.75. The second-order valence-corrected chi connectivity index (χ2v) is 4.93. The van der Waals surface area contributed by atoms with Gasteiger partial charge in [-0.05, 0) is 43.4 Å². The maximum atomic E-state index is 12.1. The van der Waals surface area contributed by atoms with Crippen molar-refractivity contribution >= 4 is 5.91 Å².